The average molecular weight is 1550 g/mol. The first-order chi connectivity index (χ1) is 60.5. The van der Waals surface area contributed by atoms with Crippen LogP contribution < -0.4 is 0 Å². The van der Waals surface area contributed by atoms with Crippen molar-refractivity contribution in [3.8, 4) is 101 Å². The first kappa shape index (κ1) is 69.9. The SMILES string of the molecule is c1cc(-c2cc(-c3cccc4ccccc34)cc(-c3cccc4ccccc34)n2)cc(-n2c3ccccc3c3c4c5ccccc5n(-c5cccc6ccccc56)c4ccc32)c1.c1ccc(-c2ccc(-c3cc(-c4ccccc4)nc(-c4cccc(-n5c6ccccc6c6c7c8ccccc8n(-c8cccc9ccccc89)c7ccc65)c4)n3)cc2)cc1. The predicted molar refractivity (Wildman–Crippen MR) is 512 cm³/mol. The van der Waals surface area contributed by atoms with E-state index in [-0.39, 0.29) is 0 Å². The Morgan fingerprint density at radius 2 is 0.467 bits per heavy atom. The van der Waals surface area contributed by atoms with E-state index in [2.05, 4.69) is 449 Å². The molecular formula is C115H73N7. The Morgan fingerprint density at radius 1 is 0.156 bits per heavy atom. The molecule has 25 aromatic rings. The Kier molecular flexibility index (Phi) is 16.5. The third-order valence-corrected chi connectivity index (χ3v) is 24.8. The van der Waals surface area contributed by atoms with Crippen molar-refractivity contribution in [3.05, 3.63) is 443 Å². The van der Waals surface area contributed by atoms with Crippen LogP contribution in [0.1, 0.15) is 0 Å². The van der Waals surface area contributed by atoms with E-state index >= 15 is 0 Å². The van der Waals surface area contributed by atoms with Gasteiger partial charge in [-0.05, 0) is 158 Å². The zero-order valence-electron chi connectivity index (χ0n) is 66.3. The first-order valence-corrected chi connectivity index (χ1v) is 41.7. The lowest BCUT2D eigenvalue weighted by atomic mass is 9.94. The molecule has 6 aromatic heterocycles. The van der Waals surface area contributed by atoms with Gasteiger partial charge in [-0.25, -0.2) is 15.0 Å². The van der Waals surface area contributed by atoms with Gasteiger partial charge in [-0.3, -0.25) is 0 Å². The number of para-hydroxylation sites is 4. The molecule has 0 spiro atoms. The number of pyridine rings is 1. The summed E-state index contributed by atoms with van der Waals surface area (Å²) in [5.41, 5.74) is 27.5. The van der Waals surface area contributed by atoms with E-state index in [4.69, 9.17) is 15.0 Å². The zero-order valence-corrected chi connectivity index (χ0v) is 66.3. The lowest BCUT2D eigenvalue weighted by molar-refractivity contribution is 1.16. The van der Waals surface area contributed by atoms with Crippen LogP contribution in [0.15, 0.2) is 443 Å². The maximum atomic E-state index is 5.49. The Hall–Kier alpha value is -16.4. The highest BCUT2D eigenvalue weighted by Gasteiger charge is 2.26. The summed E-state index contributed by atoms with van der Waals surface area (Å²) in [7, 11) is 0. The molecule has 0 aliphatic rings. The second-order valence-corrected chi connectivity index (χ2v) is 31.7. The number of rotatable bonds is 11. The van der Waals surface area contributed by atoms with Crippen LogP contribution in [0.2, 0.25) is 0 Å². The summed E-state index contributed by atoms with van der Waals surface area (Å²) in [6, 6.07) is 159. The summed E-state index contributed by atoms with van der Waals surface area (Å²) in [4.78, 5) is 16.0. The molecular weight excluding hydrogens is 1480 g/mol. The fourth-order valence-corrected chi connectivity index (χ4v) is 19.3. The lowest BCUT2D eigenvalue weighted by Crippen LogP contribution is -1.98. The molecule has 0 saturated heterocycles. The van der Waals surface area contributed by atoms with Crippen LogP contribution in [0.4, 0.5) is 0 Å². The first-order valence-electron chi connectivity index (χ1n) is 41.7. The van der Waals surface area contributed by atoms with Crippen LogP contribution in [-0.2, 0) is 0 Å². The fraction of sp³-hybridized carbons (Fsp3) is 0. The van der Waals surface area contributed by atoms with Crippen molar-refractivity contribution >= 4 is 130 Å². The highest BCUT2D eigenvalue weighted by atomic mass is 15.0. The Balaban J connectivity index is 0.000000138. The third-order valence-electron chi connectivity index (χ3n) is 24.8. The van der Waals surface area contributed by atoms with Crippen LogP contribution in [-0.4, -0.2) is 33.2 Å². The minimum Gasteiger partial charge on any atom is -0.309 e. The second kappa shape index (κ2) is 28.8. The van der Waals surface area contributed by atoms with E-state index in [0.717, 1.165) is 78.6 Å². The van der Waals surface area contributed by atoms with E-state index in [0.29, 0.717) is 5.82 Å². The molecule has 7 nitrogen and oxygen atoms in total. The second-order valence-electron chi connectivity index (χ2n) is 31.7. The van der Waals surface area contributed by atoms with Crippen molar-refractivity contribution < 1.29 is 0 Å². The van der Waals surface area contributed by atoms with Crippen molar-refractivity contribution in [1.82, 2.24) is 33.2 Å². The molecule has 25 rings (SSSR count). The zero-order chi connectivity index (χ0) is 80.3. The van der Waals surface area contributed by atoms with E-state index < -0.39 is 0 Å². The lowest BCUT2D eigenvalue weighted by Gasteiger charge is -2.15. The van der Waals surface area contributed by atoms with Gasteiger partial charge in [0.25, 0.3) is 0 Å². The summed E-state index contributed by atoms with van der Waals surface area (Å²) < 4.78 is 9.75. The number of fused-ring (bicyclic) bond motifs is 18. The highest BCUT2D eigenvalue weighted by molar-refractivity contribution is 6.31. The fourth-order valence-electron chi connectivity index (χ4n) is 19.3. The molecule has 0 fully saturated rings. The van der Waals surface area contributed by atoms with Crippen LogP contribution in [0.3, 0.4) is 0 Å². The number of nitrogens with zero attached hydrogens (tertiary/aromatic N) is 7. The molecule has 0 atom stereocenters. The van der Waals surface area contributed by atoms with Crippen molar-refractivity contribution in [2.75, 3.05) is 0 Å². The quantitative estimate of drug-likeness (QED) is 0.130. The van der Waals surface area contributed by atoms with E-state index in [9.17, 15) is 0 Å². The molecule has 0 aliphatic heterocycles. The summed E-state index contributed by atoms with van der Waals surface area (Å²) in [6.07, 6.45) is 0. The molecule has 568 valence electrons. The molecule has 0 radical (unpaired) electrons. The van der Waals surface area contributed by atoms with E-state index in [1.165, 1.54) is 147 Å². The van der Waals surface area contributed by atoms with Crippen molar-refractivity contribution in [1.29, 1.82) is 0 Å². The van der Waals surface area contributed by atoms with Gasteiger partial charge in [-0.2, -0.15) is 0 Å². The minimum absolute atomic E-state index is 0.682. The van der Waals surface area contributed by atoms with Crippen LogP contribution in [0, 0.1) is 0 Å². The van der Waals surface area contributed by atoms with Crippen molar-refractivity contribution in [3.63, 3.8) is 0 Å². The maximum absolute atomic E-state index is 5.49. The van der Waals surface area contributed by atoms with Crippen molar-refractivity contribution in [2.45, 2.75) is 0 Å². The average Bonchev–Trinajstić information content (AvgIpc) is 1.55. The van der Waals surface area contributed by atoms with Gasteiger partial charge in [0, 0.05) is 93.1 Å². The molecule has 0 amide bonds. The number of aromatic nitrogens is 7. The summed E-state index contributed by atoms with van der Waals surface area (Å²) in [6.45, 7) is 0. The van der Waals surface area contributed by atoms with Gasteiger partial charge in [0.05, 0.1) is 78.3 Å². The Morgan fingerprint density at radius 3 is 0.959 bits per heavy atom. The minimum atomic E-state index is 0.682. The number of benzene rings is 19. The number of hydrogen-bond donors (Lipinski definition) is 0. The van der Waals surface area contributed by atoms with Crippen LogP contribution in [0.25, 0.3) is 232 Å². The summed E-state index contributed by atoms with van der Waals surface area (Å²) in [5.74, 6) is 0.682. The van der Waals surface area contributed by atoms with Gasteiger partial charge in [-0.1, -0.05) is 340 Å². The Bertz CT molecular complexity index is 8400. The molecule has 0 N–H and O–H groups in total. The third kappa shape index (κ3) is 11.5. The van der Waals surface area contributed by atoms with Crippen LogP contribution >= 0.6 is 0 Å². The summed E-state index contributed by atoms with van der Waals surface area (Å²) in [5, 5.41) is 19.7. The topological polar surface area (TPSA) is 58.4 Å². The molecule has 7 heteroatoms. The molecule has 0 aliphatic carbocycles. The van der Waals surface area contributed by atoms with Gasteiger partial charge in [0.2, 0.25) is 0 Å². The smallest absolute Gasteiger partial charge is 0.160 e. The van der Waals surface area contributed by atoms with E-state index in [1.54, 1.807) is 0 Å². The summed E-state index contributed by atoms with van der Waals surface area (Å²) >= 11 is 0. The molecule has 122 heavy (non-hydrogen) atoms. The molecule has 6 heterocycles. The maximum Gasteiger partial charge on any atom is 0.160 e. The van der Waals surface area contributed by atoms with Gasteiger partial charge in [0.1, 0.15) is 0 Å². The molecule has 0 saturated carbocycles. The monoisotopic (exact) mass is 1550 g/mol. The van der Waals surface area contributed by atoms with Crippen molar-refractivity contribution in [2.24, 2.45) is 0 Å². The Labute approximate surface area is 703 Å². The van der Waals surface area contributed by atoms with Crippen LogP contribution in [0.5, 0.6) is 0 Å². The van der Waals surface area contributed by atoms with Gasteiger partial charge < -0.3 is 18.3 Å². The normalized spacial score (nSPS) is 11.8. The molecule has 0 bridgehead atoms. The largest absolute Gasteiger partial charge is 0.309 e. The van der Waals surface area contributed by atoms with Gasteiger partial charge >= 0.3 is 0 Å². The highest BCUT2D eigenvalue weighted by Crippen LogP contribution is 2.48. The van der Waals surface area contributed by atoms with Gasteiger partial charge in [0.15, 0.2) is 5.82 Å². The van der Waals surface area contributed by atoms with Gasteiger partial charge in [-0.15, -0.1) is 0 Å². The molecule has 19 aromatic carbocycles. The predicted octanol–water partition coefficient (Wildman–Crippen LogP) is 30.2. The van der Waals surface area contributed by atoms with E-state index in [1.807, 2.05) is 12.1 Å². The molecule has 0 unspecified atom stereocenters. The standard InChI is InChI=1S/C59H37N3.C56H36N4/c1-4-23-44-38(15-1)18-12-28-46(44)42-36-51(60-52(37-42)48-29-13-19-39-16-2-5-24-45(39)48)41-21-11-22-43(35-41)61-54-30-9-7-26-49(54)58-56(61)33-34-57-59(58)50-27-8-10-31-55(50)62(57)53-32-14-20-40-17-3-6-25-47(40)53;1-3-15-37(16-4-1)38-29-31-41(32-30-38)48-36-47(40-18-5-2-6-19-40)57-56(58-48)42-21-13-22-43(35-42)59-50-26-11-9-24-45(50)54-52(59)33-34-53-55(54)46-25-10-12-27-51(46)60(53)49-28-14-20-39-17-7-8-23-44(39)49/h1-37H;1-36H. The number of hydrogen-bond acceptors (Lipinski definition) is 3.